The van der Waals surface area contributed by atoms with Crippen molar-refractivity contribution in [1.29, 1.82) is 0 Å². The zero-order chi connectivity index (χ0) is 11.8. The van der Waals surface area contributed by atoms with Crippen LogP contribution in [0, 0.1) is 0 Å². The molecule has 0 saturated carbocycles. The third kappa shape index (κ3) is 1.63. The van der Waals surface area contributed by atoms with E-state index in [-0.39, 0.29) is 10.8 Å². The molecule has 2 heterocycles. The van der Waals surface area contributed by atoms with Crippen molar-refractivity contribution in [1.82, 2.24) is 14.1 Å². The minimum atomic E-state index is -3.60. The van der Waals surface area contributed by atoms with Gasteiger partial charge < -0.3 is 5.73 Å². The van der Waals surface area contributed by atoms with Crippen molar-refractivity contribution < 1.29 is 8.42 Å². The standard InChI is InChI=1S/C9H12N4O2S/c1-2-11-16(14,15)9-8(10)12-7-5-3-4-6-13(7)9/h3-6,11H,2,10H2,1H3. The highest BCUT2D eigenvalue weighted by atomic mass is 32.2. The van der Waals surface area contributed by atoms with E-state index >= 15 is 0 Å². The van der Waals surface area contributed by atoms with Crippen molar-refractivity contribution in [3.05, 3.63) is 24.4 Å². The van der Waals surface area contributed by atoms with Gasteiger partial charge in [-0.1, -0.05) is 13.0 Å². The van der Waals surface area contributed by atoms with Gasteiger partial charge in [-0.3, -0.25) is 4.40 Å². The first kappa shape index (κ1) is 10.9. The summed E-state index contributed by atoms with van der Waals surface area (Å²) in [6.45, 7) is 2.01. The first-order valence-electron chi connectivity index (χ1n) is 4.78. The molecule has 0 bridgehead atoms. The molecule has 0 aromatic carbocycles. The van der Waals surface area contributed by atoms with E-state index in [0.29, 0.717) is 12.2 Å². The van der Waals surface area contributed by atoms with Crippen molar-refractivity contribution in [3.8, 4) is 0 Å². The molecule has 6 nitrogen and oxygen atoms in total. The Morgan fingerprint density at radius 1 is 1.50 bits per heavy atom. The predicted octanol–water partition coefficient (Wildman–Crippen LogP) is 0.215. The number of hydrogen-bond acceptors (Lipinski definition) is 4. The quantitative estimate of drug-likeness (QED) is 0.802. The first-order valence-corrected chi connectivity index (χ1v) is 6.27. The van der Waals surface area contributed by atoms with Crippen molar-refractivity contribution in [2.45, 2.75) is 11.9 Å². The number of aromatic nitrogens is 2. The molecule has 0 aliphatic heterocycles. The Kier molecular flexibility index (Phi) is 2.56. The number of sulfonamides is 1. The molecule has 0 saturated heterocycles. The number of nitrogens with one attached hydrogen (secondary N) is 1. The van der Waals surface area contributed by atoms with Crippen LogP contribution in [0.2, 0.25) is 0 Å². The Hall–Kier alpha value is -1.60. The number of pyridine rings is 1. The summed E-state index contributed by atoms with van der Waals surface area (Å²) in [4.78, 5) is 3.98. The molecule has 0 aliphatic rings. The molecule has 0 atom stereocenters. The molecule has 0 spiro atoms. The molecule has 0 fully saturated rings. The van der Waals surface area contributed by atoms with Gasteiger partial charge in [-0.2, -0.15) is 0 Å². The van der Waals surface area contributed by atoms with Crippen LogP contribution in [0.4, 0.5) is 5.82 Å². The molecule has 0 amide bonds. The highest BCUT2D eigenvalue weighted by Gasteiger charge is 2.22. The summed E-state index contributed by atoms with van der Waals surface area (Å²) < 4.78 is 27.6. The van der Waals surface area contributed by atoms with Crippen LogP contribution in [-0.2, 0) is 10.0 Å². The summed E-state index contributed by atoms with van der Waals surface area (Å²) in [5, 5.41) is -0.00931. The molecule has 2 rings (SSSR count). The second-order valence-corrected chi connectivity index (χ2v) is 4.91. The van der Waals surface area contributed by atoms with Gasteiger partial charge in [0.15, 0.2) is 10.8 Å². The Bertz CT molecular complexity index is 617. The monoisotopic (exact) mass is 240 g/mol. The summed E-state index contributed by atoms with van der Waals surface area (Å²) >= 11 is 0. The summed E-state index contributed by atoms with van der Waals surface area (Å²) in [7, 11) is -3.60. The average molecular weight is 240 g/mol. The van der Waals surface area contributed by atoms with Gasteiger partial charge in [0, 0.05) is 12.7 Å². The molecule has 0 aliphatic carbocycles. The lowest BCUT2D eigenvalue weighted by molar-refractivity contribution is 0.579. The first-order chi connectivity index (χ1) is 7.56. The second-order valence-electron chi connectivity index (χ2n) is 3.23. The minimum absolute atomic E-state index is 0.00662. The summed E-state index contributed by atoms with van der Waals surface area (Å²) in [5.74, 6) is 0.00662. The number of fused-ring (bicyclic) bond motifs is 1. The number of hydrogen-bond donors (Lipinski definition) is 2. The van der Waals surface area contributed by atoms with E-state index in [1.54, 1.807) is 31.3 Å². The molecule has 0 unspecified atom stereocenters. The van der Waals surface area contributed by atoms with Gasteiger partial charge in [-0.25, -0.2) is 18.1 Å². The van der Waals surface area contributed by atoms with Gasteiger partial charge >= 0.3 is 0 Å². The van der Waals surface area contributed by atoms with E-state index in [4.69, 9.17) is 5.73 Å². The zero-order valence-corrected chi connectivity index (χ0v) is 9.53. The van der Waals surface area contributed by atoms with E-state index in [9.17, 15) is 8.42 Å². The smallest absolute Gasteiger partial charge is 0.260 e. The topological polar surface area (TPSA) is 89.5 Å². The number of nitrogens with zero attached hydrogens (tertiary/aromatic N) is 2. The zero-order valence-electron chi connectivity index (χ0n) is 8.71. The molecule has 2 aromatic heterocycles. The third-order valence-corrected chi connectivity index (χ3v) is 3.68. The lowest BCUT2D eigenvalue weighted by Crippen LogP contribution is -2.25. The highest BCUT2D eigenvalue weighted by molar-refractivity contribution is 7.89. The van der Waals surface area contributed by atoms with E-state index in [2.05, 4.69) is 9.71 Å². The van der Waals surface area contributed by atoms with Crippen LogP contribution in [0.15, 0.2) is 29.4 Å². The number of nitrogen functional groups attached to an aromatic ring is 1. The maximum atomic E-state index is 11.9. The van der Waals surface area contributed by atoms with Crippen LogP contribution in [0.3, 0.4) is 0 Å². The van der Waals surface area contributed by atoms with Crippen LogP contribution in [-0.4, -0.2) is 24.3 Å². The fraction of sp³-hybridized carbons (Fsp3) is 0.222. The lowest BCUT2D eigenvalue weighted by atomic mass is 10.5. The molecular weight excluding hydrogens is 228 g/mol. The van der Waals surface area contributed by atoms with Gasteiger partial charge in [0.1, 0.15) is 5.65 Å². The number of imidazole rings is 1. The van der Waals surface area contributed by atoms with Crippen LogP contribution in [0.1, 0.15) is 6.92 Å². The van der Waals surface area contributed by atoms with E-state index in [0.717, 1.165) is 0 Å². The lowest BCUT2D eigenvalue weighted by Gasteiger charge is -2.04. The third-order valence-electron chi connectivity index (χ3n) is 2.10. The fourth-order valence-electron chi connectivity index (χ4n) is 1.52. The Balaban J connectivity index is 2.73. The largest absolute Gasteiger partial charge is 0.381 e. The summed E-state index contributed by atoms with van der Waals surface area (Å²) in [6.07, 6.45) is 1.61. The molecule has 16 heavy (non-hydrogen) atoms. The second kappa shape index (κ2) is 3.76. The minimum Gasteiger partial charge on any atom is -0.381 e. The van der Waals surface area contributed by atoms with Gasteiger partial charge in [0.2, 0.25) is 0 Å². The average Bonchev–Trinajstić information content (AvgIpc) is 2.53. The van der Waals surface area contributed by atoms with Crippen molar-refractivity contribution in [2.24, 2.45) is 0 Å². The molecule has 2 aromatic rings. The van der Waals surface area contributed by atoms with Gasteiger partial charge in [0.05, 0.1) is 0 Å². The highest BCUT2D eigenvalue weighted by Crippen LogP contribution is 2.19. The number of anilines is 1. The van der Waals surface area contributed by atoms with Crippen LogP contribution >= 0.6 is 0 Å². The van der Waals surface area contributed by atoms with Crippen molar-refractivity contribution in [2.75, 3.05) is 12.3 Å². The van der Waals surface area contributed by atoms with Crippen molar-refractivity contribution in [3.63, 3.8) is 0 Å². The van der Waals surface area contributed by atoms with Gasteiger partial charge in [-0.15, -0.1) is 0 Å². The number of rotatable bonds is 3. The van der Waals surface area contributed by atoms with Gasteiger partial charge in [0.25, 0.3) is 10.0 Å². The Morgan fingerprint density at radius 3 is 2.94 bits per heavy atom. The molecule has 0 radical (unpaired) electrons. The van der Waals surface area contributed by atoms with Crippen molar-refractivity contribution >= 4 is 21.5 Å². The maximum absolute atomic E-state index is 11.9. The predicted molar refractivity (Wildman–Crippen MR) is 60.5 cm³/mol. The molecule has 7 heteroatoms. The molecular formula is C9H12N4O2S. The SMILES string of the molecule is CCNS(=O)(=O)c1c(N)nc2ccccn12. The van der Waals surface area contributed by atoms with E-state index in [1.165, 1.54) is 4.40 Å². The van der Waals surface area contributed by atoms with Crippen LogP contribution < -0.4 is 10.5 Å². The summed E-state index contributed by atoms with van der Waals surface area (Å²) in [5.41, 5.74) is 6.13. The fourth-order valence-corrected chi connectivity index (χ4v) is 2.77. The normalized spacial score (nSPS) is 12.1. The van der Waals surface area contributed by atoms with Crippen LogP contribution in [0.5, 0.6) is 0 Å². The van der Waals surface area contributed by atoms with E-state index < -0.39 is 10.0 Å². The summed E-state index contributed by atoms with van der Waals surface area (Å²) in [6, 6.07) is 5.19. The van der Waals surface area contributed by atoms with E-state index in [1.807, 2.05) is 0 Å². The number of nitrogens with two attached hydrogens (primary N) is 1. The molecule has 86 valence electrons. The van der Waals surface area contributed by atoms with Crippen LogP contribution in [0.25, 0.3) is 5.65 Å². The Labute approximate surface area is 93.1 Å². The van der Waals surface area contributed by atoms with Gasteiger partial charge in [-0.05, 0) is 12.1 Å². The molecule has 3 N–H and O–H groups in total. The maximum Gasteiger partial charge on any atom is 0.260 e. The Morgan fingerprint density at radius 2 is 2.25 bits per heavy atom.